The Hall–Kier alpha value is -2.22. The predicted octanol–water partition coefficient (Wildman–Crippen LogP) is 5.61. The average molecular weight is 465 g/mol. The standard InChI is InChI=1S/C21H22Cl2N4O2S/c1-12-5-8-18(13(2)9-12)29-14(3)20-25-26-21(27(20)4)30-11-19(28)24-15-6-7-16(22)17(23)10-15/h5-10,14H,11H2,1-4H3,(H,24,28). The molecule has 6 nitrogen and oxygen atoms in total. The number of carbonyl (C=O) groups excluding carboxylic acids is 1. The zero-order valence-corrected chi connectivity index (χ0v) is 19.4. The Labute approximate surface area is 189 Å². The molecule has 0 aliphatic rings. The fourth-order valence-electron chi connectivity index (χ4n) is 2.88. The Bertz CT molecular complexity index is 1070. The van der Waals surface area contributed by atoms with Gasteiger partial charge in [0.1, 0.15) is 5.75 Å². The quantitative estimate of drug-likeness (QED) is 0.460. The lowest BCUT2D eigenvalue weighted by Gasteiger charge is -2.16. The highest BCUT2D eigenvalue weighted by Gasteiger charge is 2.19. The Kier molecular flexibility index (Phi) is 7.28. The Morgan fingerprint density at radius 2 is 1.93 bits per heavy atom. The average Bonchev–Trinajstić information content (AvgIpc) is 3.06. The lowest BCUT2D eigenvalue weighted by Crippen LogP contribution is -2.15. The highest BCUT2D eigenvalue weighted by molar-refractivity contribution is 7.99. The predicted molar refractivity (Wildman–Crippen MR) is 122 cm³/mol. The van der Waals surface area contributed by atoms with Crippen molar-refractivity contribution in [3.63, 3.8) is 0 Å². The first-order chi connectivity index (χ1) is 14.2. The second kappa shape index (κ2) is 9.73. The van der Waals surface area contributed by atoms with Crippen LogP contribution in [-0.2, 0) is 11.8 Å². The van der Waals surface area contributed by atoms with Crippen LogP contribution in [0.2, 0.25) is 10.0 Å². The van der Waals surface area contributed by atoms with Crippen LogP contribution in [0.3, 0.4) is 0 Å². The molecule has 0 aliphatic carbocycles. The van der Waals surface area contributed by atoms with Crippen LogP contribution in [0.25, 0.3) is 0 Å². The zero-order valence-electron chi connectivity index (χ0n) is 17.1. The molecule has 2 aromatic carbocycles. The van der Waals surface area contributed by atoms with E-state index in [1.165, 1.54) is 17.3 Å². The van der Waals surface area contributed by atoms with E-state index in [1.54, 1.807) is 18.2 Å². The number of benzene rings is 2. The Morgan fingerprint density at radius 3 is 2.63 bits per heavy atom. The van der Waals surface area contributed by atoms with Crippen LogP contribution in [0, 0.1) is 13.8 Å². The summed E-state index contributed by atoms with van der Waals surface area (Å²) in [4.78, 5) is 12.2. The molecule has 3 rings (SSSR count). The summed E-state index contributed by atoms with van der Waals surface area (Å²) in [6.07, 6.45) is -0.289. The van der Waals surface area contributed by atoms with Gasteiger partial charge in [0.05, 0.1) is 15.8 Å². The number of nitrogens with one attached hydrogen (secondary N) is 1. The molecule has 1 amide bonds. The first-order valence-electron chi connectivity index (χ1n) is 9.25. The molecule has 0 fully saturated rings. The number of ether oxygens (including phenoxy) is 1. The number of aryl methyl sites for hydroxylation is 2. The van der Waals surface area contributed by atoms with Crippen molar-refractivity contribution in [2.75, 3.05) is 11.1 Å². The second-order valence-electron chi connectivity index (χ2n) is 6.89. The van der Waals surface area contributed by atoms with E-state index >= 15 is 0 Å². The summed E-state index contributed by atoms with van der Waals surface area (Å²) in [6.45, 7) is 5.98. The van der Waals surface area contributed by atoms with Crippen molar-refractivity contribution < 1.29 is 9.53 Å². The first kappa shape index (κ1) is 22.5. The van der Waals surface area contributed by atoms with Crippen molar-refractivity contribution in [3.05, 3.63) is 63.4 Å². The fourth-order valence-corrected chi connectivity index (χ4v) is 3.90. The first-order valence-corrected chi connectivity index (χ1v) is 11.0. The molecule has 1 atom stereocenters. The second-order valence-corrected chi connectivity index (χ2v) is 8.65. The smallest absolute Gasteiger partial charge is 0.234 e. The molecular weight excluding hydrogens is 443 g/mol. The number of hydrogen-bond donors (Lipinski definition) is 1. The van der Waals surface area contributed by atoms with Gasteiger partial charge in [-0.05, 0) is 50.6 Å². The van der Waals surface area contributed by atoms with E-state index in [9.17, 15) is 4.79 Å². The number of amides is 1. The maximum atomic E-state index is 12.2. The summed E-state index contributed by atoms with van der Waals surface area (Å²) in [6, 6.07) is 11.0. The molecule has 1 aromatic heterocycles. The molecule has 0 radical (unpaired) electrons. The van der Waals surface area contributed by atoms with Crippen molar-refractivity contribution in [1.29, 1.82) is 0 Å². The van der Waals surface area contributed by atoms with E-state index in [4.69, 9.17) is 27.9 Å². The molecule has 9 heteroatoms. The monoisotopic (exact) mass is 464 g/mol. The summed E-state index contributed by atoms with van der Waals surface area (Å²) >= 11 is 13.2. The summed E-state index contributed by atoms with van der Waals surface area (Å²) in [5, 5.41) is 12.7. The fraction of sp³-hybridized carbons (Fsp3) is 0.286. The van der Waals surface area contributed by atoms with Gasteiger partial charge in [0.25, 0.3) is 0 Å². The van der Waals surface area contributed by atoms with E-state index < -0.39 is 0 Å². The van der Waals surface area contributed by atoms with E-state index in [-0.39, 0.29) is 17.8 Å². The molecule has 158 valence electrons. The summed E-state index contributed by atoms with van der Waals surface area (Å²) < 4.78 is 7.91. The van der Waals surface area contributed by atoms with Gasteiger partial charge < -0.3 is 14.6 Å². The topological polar surface area (TPSA) is 69.0 Å². The van der Waals surface area contributed by atoms with Gasteiger partial charge in [-0.3, -0.25) is 4.79 Å². The number of halogens is 2. The van der Waals surface area contributed by atoms with Gasteiger partial charge >= 0.3 is 0 Å². The van der Waals surface area contributed by atoms with Crippen LogP contribution in [-0.4, -0.2) is 26.4 Å². The normalized spacial score (nSPS) is 11.9. The number of rotatable bonds is 7. The third kappa shape index (κ3) is 5.47. The van der Waals surface area contributed by atoms with Crippen LogP contribution in [0.1, 0.15) is 30.0 Å². The van der Waals surface area contributed by atoms with Gasteiger partial charge in [0, 0.05) is 12.7 Å². The van der Waals surface area contributed by atoms with Gasteiger partial charge in [0.15, 0.2) is 17.1 Å². The largest absolute Gasteiger partial charge is 0.482 e. The highest BCUT2D eigenvalue weighted by atomic mass is 35.5. The molecule has 1 unspecified atom stereocenters. The van der Waals surface area contributed by atoms with E-state index in [1.807, 2.05) is 44.5 Å². The van der Waals surface area contributed by atoms with Crippen LogP contribution >= 0.6 is 35.0 Å². The Morgan fingerprint density at radius 1 is 1.17 bits per heavy atom. The summed E-state index contributed by atoms with van der Waals surface area (Å²) in [5.41, 5.74) is 2.84. The zero-order chi connectivity index (χ0) is 21.8. The molecule has 1 N–H and O–H groups in total. The maximum absolute atomic E-state index is 12.2. The molecule has 0 saturated heterocycles. The van der Waals surface area contributed by atoms with Crippen molar-refractivity contribution >= 4 is 46.6 Å². The van der Waals surface area contributed by atoms with Crippen molar-refractivity contribution in [2.45, 2.75) is 32.0 Å². The third-order valence-electron chi connectivity index (χ3n) is 4.40. The SMILES string of the molecule is Cc1ccc(OC(C)c2nnc(SCC(=O)Nc3ccc(Cl)c(Cl)c3)n2C)c(C)c1. The van der Waals surface area contributed by atoms with Crippen molar-refractivity contribution in [3.8, 4) is 5.75 Å². The number of thioether (sulfide) groups is 1. The summed E-state index contributed by atoms with van der Waals surface area (Å²) in [5.74, 6) is 1.50. The number of nitrogens with zero attached hydrogens (tertiary/aromatic N) is 3. The summed E-state index contributed by atoms with van der Waals surface area (Å²) in [7, 11) is 1.86. The van der Waals surface area contributed by atoms with Crippen LogP contribution in [0.4, 0.5) is 5.69 Å². The Balaban J connectivity index is 1.60. The molecule has 30 heavy (non-hydrogen) atoms. The van der Waals surface area contributed by atoms with Crippen LogP contribution < -0.4 is 10.1 Å². The van der Waals surface area contributed by atoms with E-state index in [2.05, 4.69) is 21.6 Å². The molecule has 0 bridgehead atoms. The van der Waals surface area contributed by atoms with Gasteiger partial charge in [-0.25, -0.2) is 0 Å². The van der Waals surface area contributed by atoms with Gasteiger partial charge in [-0.15, -0.1) is 10.2 Å². The minimum Gasteiger partial charge on any atom is -0.482 e. The minimum atomic E-state index is -0.289. The third-order valence-corrected chi connectivity index (χ3v) is 6.16. The number of aromatic nitrogens is 3. The van der Waals surface area contributed by atoms with Crippen molar-refractivity contribution in [1.82, 2.24) is 14.8 Å². The van der Waals surface area contributed by atoms with E-state index in [0.717, 1.165) is 11.3 Å². The molecule has 0 aliphatic heterocycles. The maximum Gasteiger partial charge on any atom is 0.234 e. The number of carbonyl (C=O) groups is 1. The molecule has 1 heterocycles. The molecule has 0 spiro atoms. The lowest BCUT2D eigenvalue weighted by molar-refractivity contribution is -0.113. The van der Waals surface area contributed by atoms with Gasteiger partial charge in [-0.1, -0.05) is 52.7 Å². The highest BCUT2D eigenvalue weighted by Crippen LogP contribution is 2.27. The number of hydrogen-bond acceptors (Lipinski definition) is 5. The van der Waals surface area contributed by atoms with Gasteiger partial charge in [0.2, 0.25) is 5.91 Å². The van der Waals surface area contributed by atoms with E-state index in [0.29, 0.717) is 26.7 Å². The van der Waals surface area contributed by atoms with Crippen molar-refractivity contribution in [2.24, 2.45) is 7.05 Å². The minimum absolute atomic E-state index is 0.178. The number of anilines is 1. The van der Waals surface area contributed by atoms with Gasteiger partial charge in [-0.2, -0.15) is 0 Å². The van der Waals surface area contributed by atoms with Crippen LogP contribution in [0.5, 0.6) is 5.75 Å². The lowest BCUT2D eigenvalue weighted by atomic mass is 10.1. The molecule has 3 aromatic rings. The molecular formula is C21H22Cl2N4O2S. The van der Waals surface area contributed by atoms with Crippen LogP contribution in [0.15, 0.2) is 41.6 Å². The molecule has 0 saturated carbocycles.